The van der Waals surface area contributed by atoms with Crippen molar-refractivity contribution < 1.29 is 4.39 Å². The smallest absolute Gasteiger partial charge is 0.123 e. The lowest BCUT2D eigenvalue weighted by molar-refractivity contribution is 0.626. The van der Waals surface area contributed by atoms with Gasteiger partial charge in [0.05, 0.1) is 5.56 Å². The maximum atomic E-state index is 12.8. The minimum atomic E-state index is -0.252. The monoisotopic (exact) mass is 275 g/mol. The number of nitrogens with zero attached hydrogens (tertiary/aromatic N) is 1. The van der Waals surface area contributed by atoms with Gasteiger partial charge in [-0.2, -0.15) is 5.26 Å². The molecule has 0 fully saturated rings. The largest absolute Gasteiger partial charge is 0.207 e. The van der Waals surface area contributed by atoms with Crippen LogP contribution in [0.15, 0.2) is 57.2 Å². The number of hydrogen-bond acceptors (Lipinski definition) is 3. The first-order chi connectivity index (χ1) is 8.74. The van der Waals surface area contributed by atoms with Crippen LogP contribution in [0.2, 0.25) is 0 Å². The highest BCUT2D eigenvalue weighted by atomic mass is 32.2. The molecule has 90 valence electrons. The molecular formula is C14H10FNS2. The van der Waals surface area contributed by atoms with Crippen LogP contribution in [0.1, 0.15) is 5.56 Å². The molecule has 4 heteroatoms. The molecule has 0 atom stereocenters. The van der Waals surface area contributed by atoms with Crippen LogP contribution in [0.5, 0.6) is 0 Å². The van der Waals surface area contributed by atoms with E-state index in [4.69, 9.17) is 0 Å². The average molecular weight is 275 g/mol. The summed E-state index contributed by atoms with van der Waals surface area (Å²) >= 11 is 3.03. The molecule has 0 radical (unpaired) electrons. The third-order valence-electron chi connectivity index (χ3n) is 2.36. The van der Waals surface area contributed by atoms with Crippen molar-refractivity contribution in [3.05, 3.63) is 53.8 Å². The summed E-state index contributed by atoms with van der Waals surface area (Å²) in [5, 5.41) is 9.22. The summed E-state index contributed by atoms with van der Waals surface area (Å²) in [4.78, 5) is 2.78. The lowest BCUT2D eigenvalue weighted by Gasteiger charge is -2.07. The molecule has 0 saturated carbocycles. The molecule has 2 rings (SSSR count). The van der Waals surface area contributed by atoms with Gasteiger partial charge in [0.2, 0.25) is 0 Å². The van der Waals surface area contributed by atoms with E-state index in [1.807, 2.05) is 24.5 Å². The van der Waals surface area contributed by atoms with Crippen LogP contribution in [-0.2, 0) is 0 Å². The molecule has 2 aromatic rings. The second-order valence-electron chi connectivity index (χ2n) is 3.50. The number of thioether (sulfide) groups is 1. The molecule has 0 N–H and O–H groups in total. The number of rotatable bonds is 3. The highest BCUT2D eigenvalue weighted by molar-refractivity contribution is 8.00. The summed E-state index contributed by atoms with van der Waals surface area (Å²) in [5.41, 5.74) is 0.680. The van der Waals surface area contributed by atoms with E-state index in [-0.39, 0.29) is 5.82 Å². The van der Waals surface area contributed by atoms with E-state index in [1.54, 1.807) is 23.9 Å². The van der Waals surface area contributed by atoms with Crippen molar-refractivity contribution in [3.63, 3.8) is 0 Å². The maximum Gasteiger partial charge on any atom is 0.123 e. The van der Waals surface area contributed by atoms with Crippen molar-refractivity contribution in [2.75, 3.05) is 6.26 Å². The number of nitriles is 1. The Morgan fingerprint density at radius 3 is 2.33 bits per heavy atom. The van der Waals surface area contributed by atoms with Crippen LogP contribution in [0.4, 0.5) is 4.39 Å². The molecule has 0 aromatic heterocycles. The molecule has 0 bridgehead atoms. The summed E-state index contributed by atoms with van der Waals surface area (Å²) in [6, 6.07) is 14.3. The Balaban J connectivity index is 2.35. The van der Waals surface area contributed by atoms with E-state index < -0.39 is 0 Å². The molecule has 0 saturated heterocycles. The fourth-order valence-corrected chi connectivity index (χ4v) is 3.08. The number of halogens is 1. The lowest BCUT2D eigenvalue weighted by atomic mass is 10.2. The Hall–Kier alpha value is -1.44. The lowest BCUT2D eigenvalue weighted by Crippen LogP contribution is -1.85. The van der Waals surface area contributed by atoms with Crippen LogP contribution >= 0.6 is 23.5 Å². The first-order valence-electron chi connectivity index (χ1n) is 5.25. The molecule has 0 aliphatic rings. The van der Waals surface area contributed by atoms with E-state index >= 15 is 0 Å². The predicted molar refractivity (Wildman–Crippen MR) is 73.5 cm³/mol. The highest BCUT2D eigenvalue weighted by Gasteiger charge is 2.08. The van der Waals surface area contributed by atoms with Crippen molar-refractivity contribution in [2.45, 2.75) is 14.7 Å². The molecule has 0 amide bonds. The van der Waals surface area contributed by atoms with Crippen molar-refractivity contribution in [2.24, 2.45) is 0 Å². The van der Waals surface area contributed by atoms with Gasteiger partial charge >= 0.3 is 0 Å². The summed E-state index contributed by atoms with van der Waals surface area (Å²) < 4.78 is 12.8. The van der Waals surface area contributed by atoms with E-state index in [0.29, 0.717) is 5.56 Å². The van der Waals surface area contributed by atoms with Crippen LogP contribution in [0.25, 0.3) is 0 Å². The van der Waals surface area contributed by atoms with Gasteiger partial charge in [-0.05, 0) is 42.7 Å². The van der Waals surface area contributed by atoms with Crippen LogP contribution in [0, 0.1) is 17.1 Å². The Kier molecular flexibility index (Phi) is 4.29. The van der Waals surface area contributed by atoms with Gasteiger partial charge in [0.1, 0.15) is 11.9 Å². The van der Waals surface area contributed by atoms with Gasteiger partial charge in [-0.25, -0.2) is 4.39 Å². The zero-order valence-corrected chi connectivity index (χ0v) is 11.3. The van der Waals surface area contributed by atoms with Gasteiger partial charge in [0.25, 0.3) is 0 Å². The van der Waals surface area contributed by atoms with Gasteiger partial charge < -0.3 is 0 Å². The van der Waals surface area contributed by atoms with Gasteiger partial charge in [-0.3, -0.25) is 0 Å². The molecular weight excluding hydrogens is 265 g/mol. The molecule has 0 heterocycles. The van der Waals surface area contributed by atoms with Crippen molar-refractivity contribution in [3.8, 4) is 6.07 Å². The van der Waals surface area contributed by atoms with Crippen LogP contribution in [-0.4, -0.2) is 6.26 Å². The summed E-state index contributed by atoms with van der Waals surface area (Å²) in [6.45, 7) is 0. The van der Waals surface area contributed by atoms with E-state index in [2.05, 4.69) is 6.07 Å². The summed E-state index contributed by atoms with van der Waals surface area (Å²) in [6.07, 6.45) is 1.95. The topological polar surface area (TPSA) is 23.8 Å². The zero-order chi connectivity index (χ0) is 13.0. The molecule has 18 heavy (non-hydrogen) atoms. The number of benzene rings is 2. The molecule has 2 aromatic carbocycles. The Labute approximate surface area is 114 Å². The van der Waals surface area contributed by atoms with E-state index in [9.17, 15) is 9.65 Å². The maximum absolute atomic E-state index is 12.8. The normalized spacial score (nSPS) is 10.1. The van der Waals surface area contributed by atoms with Crippen LogP contribution in [0.3, 0.4) is 0 Å². The van der Waals surface area contributed by atoms with Gasteiger partial charge in [-0.15, -0.1) is 11.8 Å². The summed E-state index contributed by atoms with van der Waals surface area (Å²) in [7, 11) is 0. The minimum absolute atomic E-state index is 0.252. The fourth-order valence-electron chi connectivity index (χ4n) is 1.51. The standard InChI is InChI=1S/C14H10FNS2/c1-17-13-3-2-4-14(12(13)9-16)18-11-7-5-10(15)6-8-11/h2-8H,1H3. The van der Waals surface area contributed by atoms with E-state index in [0.717, 1.165) is 14.7 Å². The highest BCUT2D eigenvalue weighted by Crippen LogP contribution is 2.34. The Bertz CT molecular complexity index is 588. The molecule has 1 nitrogen and oxygen atoms in total. The molecule has 0 spiro atoms. The second kappa shape index (κ2) is 5.94. The SMILES string of the molecule is CSc1cccc(Sc2ccc(F)cc2)c1C#N. The first-order valence-corrected chi connectivity index (χ1v) is 7.29. The van der Waals surface area contributed by atoms with E-state index in [1.165, 1.54) is 23.9 Å². The zero-order valence-electron chi connectivity index (χ0n) is 9.68. The summed E-state index contributed by atoms with van der Waals surface area (Å²) in [5.74, 6) is -0.252. The molecule has 0 aliphatic carbocycles. The molecule has 0 aliphatic heterocycles. The van der Waals surface area contributed by atoms with Crippen molar-refractivity contribution in [1.82, 2.24) is 0 Å². The molecule has 0 unspecified atom stereocenters. The minimum Gasteiger partial charge on any atom is -0.207 e. The van der Waals surface area contributed by atoms with Crippen molar-refractivity contribution >= 4 is 23.5 Å². The average Bonchev–Trinajstić information content (AvgIpc) is 2.41. The first kappa shape index (κ1) is 13.0. The predicted octanol–water partition coefficient (Wildman–Crippen LogP) is 4.57. The fraction of sp³-hybridized carbons (Fsp3) is 0.0714. The van der Waals surface area contributed by atoms with Crippen LogP contribution < -0.4 is 0 Å². The third-order valence-corrected chi connectivity index (χ3v) is 4.21. The Morgan fingerprint density at radius 1 is 1.06 bits per heavy atom. The van der Waals surface area contributed by atoms with Gasteiger partial charge in [-0.1, -0.05) is 17.8 Å². The van der Waals surface area contributed by atoms with Gasteiger partial charge in [0, 0.05) is 14.7 Å². The van der Waals surface area contributed by atoms with Gasteiger partial charge in [0.15, 0.2) is 0 Å². The number of hydrogen-bond donors (Lipinski definition) is 0. The quantitative estimate of drug-likeness (QED) is 0.767. The van der Waals surface area contributed by atoms with Crippen molar-refractivity contribution in [1.29, 1.82) is 5.26 Å². The second-order valence-corrected chi connectivity index (χ2v) is 5.46. The third kappa shape index (κ3) is 2.87. The Morgan fingerprint density at radius 2 is 1.72 bits per heavy atom.